The molecule has 1 saturated carbocycles. The Morgan fingerprint density at radius 3 is 2.22 bits per heavy atom. The molecule has 0 heterocycles. The molecular weight excluding hydrogens is 500 g/mol. The van der Waals surface area contributed by atoms with E-state index in [1.807, 2.05) is 0 Å². The largest absolute Gasteiger partial charge is 0.573 e. The van der Waals surface area contributed by atoms with Gasteiger partial charge >= 0.3 is 6.36 Å². The number of amides is 1. The third kappa shape index (κ3) is 6.41. The van der Waals surface area contributed by atoms with E-state index < -0.39 is 33.4 Å². The lowest BCUT2D eigenvalue weighted by Crippen LogP contribution is -2.47. The van der Waals surface area contributed by atoms with Crippen LogP contribution in [0.2, 0.25) is 0 Å². The lowest BCUT2D eigenvalue weighted by Gasteiger charge is -2.17. The van der Waals surface area contributed by atoms with Gasteiger partial charge in [0.25, 0.3) is 0 Å². The van der Waals surface area contributed by atoms with Crippen molar-refractivity contribution in [3.63, 3.8) is 0 Å². The summed E-state index contributed by atoms with van der Waals surface area (Å²) in [6.07, 6.45) is -3.81. The van der Waals surface area contributed by atoms with Gasteiger partial charge in [-0.3, -0.25) is 10.1 Å². The molecule has 190 valence electrons. The van der Waals surface area contributed by atoms with E-state index in [4.69, 9.17) is 0 Å². The Morgan fingerprint density at radius 1 is 0.944 bits per heavy atom. The first kappa shape index (κ1) is 25.6. The molecule has 0 bridgehead atoms. The number of carbonyl (C=O) groups is 1. The van der Waals surface area contributed by atoms with Crippen molar-refractivity contribution in [2.24, 2.45) is 0 Å². The van der Waals surface area contributed by atoms with Crippen molar-refractivity contribution in [2.45, 2.75) is 36.2 Å². The molecule has 0 aromatic heterocycles. The van der Waals surface area contributed by atoms with Crippen molar-refractivity contribution in [2.75, 3.05) is 5.88 Å². The zero-order chi connectivity index (χ0) is 26.0. The van der Waals surface area contributed by atoms with E-state index in [0.717, 1.165) is 23.3 Å². The first-order valence-corrected chi connectivity index (χ1v) is 12.6. The number of hydrogen-bond acceptors (Lipinski definition) is 5. The summed E-state index contributed by atoms with van der Waals surface area (Å²) in [6, 6.07) is 17.1. The monoisotopic (exact) mass is 522 g/mol. The third-order valence-corrected chi connectivity index (χ3v) is 7.27. The van der Waals surface area contributed by atoms with Gasteiger partial charge in [-0.05, 0) is 72.0 Å². The minimum Gasteiger partial charge on any atom is -0.406 e. The summed E-state index contributed by atoms with van der Waals surface area (Å²) < 4.78 is 79.0. The summed E-state index contributed by atoms with van der Waals surface area (Å²) in [4.78, 5) is 12.7. The lowest BCUT2D eigenvalue weighted by molar-refractivity contribution is -0.274. The van der Waals surface area contributed by atoms with E-state index in [-0.39, 0.29) is 23.1 Å². The number of rotatable bonds is 9. The van der Waals surface area contributed by atoms with Crippen molar-refractivity contribution in [1.82, 2.24) is 10.6 Å². The SMILES string of the molecule is O=C(NCc1cccc(-c2ccc(OC(F)(F)F)cc2)c1)C1(NCS(=O)(=O)c2ccc(F)cc2)CC1. The Morgan fingerprint density at radius 2 is 1.61 bits per heavy atom. The van der Waals surface area contributed by atoms with Crippen LogP contribution in [-0.2, 0) is 21.2 Å². The molecule has 0 radical (unpaired) electrons. The lowest BCUT2D eigenvalue weighted by atomic mass is 10.0. The van der Waals surface area contributed by atoms with Crippen molar-refractivity contribution in [1.29, 1.82) is 0 Å². The molecule has 0 aliphatic heterocycles. The van der Waals surface area contributed by atoms with Crippen LogP contribution in [0.4, 0.5) is 17.6 Å². The number of ether oxygens (including phenoxy) is 1. The van der Waals surface area contributed by atoms with Crippen LogP contribution in [0.15, 0.2) is 77.7 Å². The third-order valence-electron chi connectivity index (χ3n) is 5.76. The van der Waals surface area contributed by atoms with Crippen LogP contribution in [0.1, 0.15) is 18.4 Å². The average Bonchev–Trinajstić information content (AvgIpc) is 3.63. The molecule has 1 aliphatic carbocycles. The van der Waals surface area contributed by atoms with E-state index in [1.54, 1.807) is 24.3 Å². The Hall–Kier alpha value is -3.44. The summed E-state index contributed by atoms with van der Waals surface area (Å²) in [5.41, 5.74) is 1.18. The van der Waals surface area contributed by atoms with Crippen LogP contribution in [-0.4, -0.2) is 32.1 Å². The highest BCUT2D eigenvalue weighted by Gasteiger charge is 2.50. The second-order valence-electron chi connectivity index (χ2n) is 8.43. The minimum atomic E-state index is -4.77. The van der Waals surface area contributed by atoms with Crippen LogP contribution in [0.25, 0.3) is 11.1 Å². The van der Waals surface area contributed by atoms with Gasteiger partial charge in [0, 0.05) is 6.54 Å². The number of nitrogens with one attached hydrogen (secondary N) is 2. The molecule has 1 aliphatic rings. The van der Waals surface area contributed by atoms with E-state index in [1.165, 1.54) is 36.4 Å². The smallest absolute Gasteiger partial charge is 0.406 e. The van der Waals surface area contributed by atoms with Gasteiger partial charge in [-0.15, -0.1) is 13.2 Å². The number of alkyl halides is 3. The topological polar surface area (TPSA) is 84.5 Å². The van der Waals surface area contributed by atoms with Gasteiger partial charge in [-0.2, -0.15) is 0 Å². The zero-order valence-corrected chi connectivity index (χ0v) is 19.6. The maximum absolute atomic E-state index is 13.1. The normalized spacial score (nSPS) is 14.8. The molecule has 6 nitrogen and oxygen atoms in total. The Bertz CT molecular complexity index is 1340. The summed E-state index contributed by atoms with van der Waals surface area (Å²) in [5, 5.41) is 5.64. The molecule has 11 heteroatoms. The second kappa shape index (κ2) is 9.90. The Balaban J connectivity index is 1.35. The number of halogens is 4. The first-order chi connectivity index (χ1) is 17.0. The van der Waals surface area contributed by atoms with Gasteiger partial charge < -0.3 is 10.1 Å². The van der Waals surface area contributed by atoms with Gasteiger partial charge in [0.2, 0.25) is 5.91 Å². The van der Waals surface area contributed by atoms with Crippen molar-refractivity contribution >= 4 is 15.7 Å². The van der Waals surface area contributed by atoms with E-state index in [2.05, 4.69) is 15.4 Å². The number of carbonyl (C=O) groups excluding carboxylic acids is 1. The maximum atomic E-state index is 13.1. The fraction of sp³-hybridized carbons (Fsp3) is 0.240. The fourth-order valence-corrected chi connectivity index (χ4v) is 4.81. The highest BCUT2D eigenvalue weighted by atomic mass is 32.2. The van der Waals surface area contributed by atoms with Crippen LogP contribution in [0.5, 0.6) is 5.75 Å². The summed E-state index contributed by atoms with van der Waals surface area (Å²) in [6.45, 7) is 0.177. The molecule has 0 atom stereocenters. The van der Waals surface area contributed by atoms with Gasteiger partial charge in [0.15, 0.2) is 9.84 Å². The van der Waals surface area contributed by atoms with Crippen molar-refractivity contribution in [3.8, 4) is 16.9 Å². The molecule has 3 aromatic rings. The molecule has 1 fully saturated rings. The number of benzene rings is 3. The van der Waals surface area contributed by atoms with Crippen LogP contribution >= 0.6 is 0 Å². The van der Waals surface area contributed by atoms with Gasteiger partial charge in [0.05, 0.1) is 10.4 Å². The molecule has 1 amide bonds. The van der Waals surface area contributed by atoms with Gasteiger partial charge in [-0.1, -0.05) is 30.3 Å². The maximum Gasteiger partial charge on any atom is 0.573 e. The number of hydrogen-bond donors (Lipinski definition) is 2. The van der Waals surface area contributed by atoms with E-state index in [0.29, 0.717) is 18.4 Å². The summed E-state index contributed by atoms with van der Waals surface area (Å²) in [5.74, 6) is -1.67. The fourth-order valence-electron chi connectivity index (χ4n) is 3.63. The quantitative estimate of drug-likeness (QED) is 0.318. The highest BCUT2D eigenvalue weighted by molar-refractivity contribution is 7.91. The van der Waals surface area contributed by atoms with Crippen molar-refractivity contribution in [3.05, 3.63) is 84.2 Å². The van der Waals surface area contributed by atoms with Crippen molar-refractivity contribution < 1.29 is 35.5 Å². The molecule has 0 unspecified atom stereocenters. The summed E-state index contributed by atoms with van der Waals surface area (Å²) in [7, 11) is -3.75. The minimum absolute atomic E-state index is 0.0394. The van der Waals surface area contributed by atoms with Gasteiger partial charge in [-0.25, -0.2) is 12.8 Å². The van der Waals surface area contributed by atoms with Crippen LogP contribution in [0, 0.1) is 5.82 Å². The zero-order valence-electron chi connectivity index (χ0n) is 18.8. The molecule has 36 heavy (non-hydrogen) atoms. The second-order valence-corrected chi connectivity index (χ2v) is 10.4. The van der Waals surface area contributed by atoms with E-state index in [9.17, 15) is 30.8 Å². The van der Waals surface area contributed by atoms with Gasteiger partial charge in [0.1, 0.15) is 17.4 Å². The van der Waals surface area contributed by atoms with Crippen LogP contribution < -0.4 is 15.4 Å². The van der Waals surface area contributed by atoms with E-state index >= 15 is 0 Å². The molecule has 2 N–H and O–H groups in total. The summed E-state index contributed by atoms with van der Waals surface area (Å²) >= 11 is 0. The molecular formula is C25H22F4N2O4S. The molecule has 0 saturated heterocycles. The molecule has 4 rings (SSSR count). The Labute approximate surface area is 205 Å². The highest BCUT2D eigenvalue weighted by Crippen LogP contribution is 2.36. The predicted molar refractivity (Wildman–Crippen MR) is 124 cm³/mol. The van der Waals surface area contributed by atoms with Crippen LogP contribution in [0.3, 0.4) is 0 Å². The predicted octanol–water partition coefficient (Wildman–Crippen LogP) is 4.56. The molecule has 0 spiro atoms. The standard InChI is InChI=1S/C25H22F4N2O4S/c26-20-6-10-22(11-7-20)36(33,34)16-31-24(12-13-24)23(32)30-15-17-2-1-3-19(14-17)18-4-8-21(9-5-18)35-25(27,28)29/h1-11,14,31H,12-13,15-16H2,(H,30,32). The Kier molecular flexibility index (Phi) is 7.05. The number of sulfone groups is 1. The average molecular weight is 523 g/mol. The molecule has 3 aromatic carbocycles. The first-order valence-electron chi connectivity index (χ1n) is 10.9.